The van der Waals surface area contributed by atoms with Gasteiger partial charge in [-0.05, 0) is 36.8 Å². The predicted molar refractivity (Wildman–Crippen MR) is 91.2 cm³/mol. The number of ether oxygens (including phenoxy) is 1. The van der Waals surface area contributed by atoms with Crippen LogP contribution in [0.25, 0.3) is 10.2 Å². The Hall–Kier alpha value is -2.25. The minimum absolute atomic E-state index is 0.0000432. The zero-order valence-electron chi connectivity index (χ0n) is 13.1. The van der Waals surface area contributed by atoms with Crippen molar-refractivity contribution in [3.63, 3.8) is 0 Å². The first kappa shape index (κ1) is 16.6. The second-order valence-corrected chi connectivity index (χ2v) is 6.52. The molecule has 0 amide bonds. The first-order chi connectivity index (χ1) is 11.6. The average Bonchev–Trinajstić information content (AvgIpc) is 3.01. The summed E-state index contributed by atoms with van der Waals surface area (Å²) in [6, 6.07) is 7.39. The molecule has 0 aliphatic rings. The minimum atomic E-state index is -0.878. The summed E-state index contributed by atoms with van der Waals surface area (Å²) in [5, 5.41) is 10.7. The highest BCUT2D eigenvalue weighted by molar-refractivity contribution is 7.18. The first-order valence-electron chi connectivity index (χ1n) is 7.61. The monoisotopic (exact) mass is 348 g/mol. The summed E-state index contributed by atoms with van der Waals surface area (Å²) in [6.07, 6.45) is 1.42. The van der Waals surface area contributed by atoms with Crippen molar-refractivity contribution < 1.29 is 14.2 Å². The molecule has 1 aromatic carbocycles. The van der Waals surface area contributed by atoms with Gasteiger partial charge in [0.15, 0.2) is 0 Å². The van der Waals surface area contributed by atoms with Crippen LogP contribution in [0, 0.1) is 5.82 Å². The van der Waals surface area contributed by atoms with Crippen LogP contribution >= 0.6 is 11.3 Å². The summed E-state index contributed by atoms with van der Waals surface area (Å²) in [5.41, 5.74) is -0.170. The van der Waals surface area contributed by atoms with E-state index in [1.807, 2.05) is 13.0 Å². The molecule has 0 bridgehead atoms. The molecular formula is C17H17FN2O3S. The molecule has 2 heterocycles. The first-order valence-corrected chi connectivity index (χ1v) is 8.42. The SMILES string of the molecule is CCc1cc2c(=O)n(C[C@H](O)COc3ccc(F)cc3)cnc2s1. The molecule has 3 rings (SSSR count). The van der Waals surface area contributed by atoms with E-state index in [2.05, 4.69) is 4.98 Å². The summed E-state index contributed by atoms with van der Waals surface area (Å²) in [7, 11) is 0. The quantitative estimate of drug-likeness (QED) is 0.744. The lowest BCUT2D eigenvalue weighted by atomic mass is 10.3. The second kappa shape index (κ2) is 7.11. The number of nitrogens with zero attached hydrogens (tertiary/aromatic N) is 2. The standard InChI is InChI=1S/C17H17FN2O3S/c1-2-14-7-15-16(24-14)19-10-20(17(15)22)8-12(21)9-23-13-5-3-11(18)4-6-13/h3-7,10,12,21H,2,8-9H2,1H3/t12-/m0/s1. The van der Waals surface area contributed by atoms with Crippen LogP contribution in [0.5, 0.6) is 5.75 Å². The van der Waals surface area contributed by atoms with E-state index in [1.165, 1.54) is 46.5 Å². The number of fused-ring (bicyclic) bond motifs is 1. The molecule has 0 fully saturated rings. The van der Waals surface area contributed by atoms with E-state index in [-0.39, 0.29) is 24.5 Å². The lowest BCUT2D eigenvalue weighted by Gasteiger charge is -2.13. The van der Waals surface area contributed by atoms with Gasteiger partial charge in [0.2, 0.25) is 0 Å². The van der Waals surface area contributed by atoms with Gasteiger partial charge in [-0.25, -0.2) is 9.37 Å². The molecule has 7 heteroatoms. The molecular weight excluding hydrogens is 331 g/mol. The van der Waals surface area contributed by atoms with Crippen LogP contribution < -0.4 is 10.3 Å². The topological polar surface area (TPSA) is 64.4 Å². The fourth-order valence-electron chi connectivity index (χ4n) is 2.32. The Bertz CT molecular complexity index is 889. The Balaban J connectivity index is 1.68. The smallest absolute Gasteiger partial charge is 0.262 e. The van der Waals surface area contributed by atoms with Gasteiger partial charge >= 0.3 is 0 Å². The van der Waals surface area contributed by atoms with Gasteiger partial charge in [-0.1, -0.05) is 6.92 Å². The predicted octanol–water partition coefficient (Wildman–Crippen LogP) is 2.60. The molecule has 0 aliphatic heterocycles. The molecule has 0 aliphatic carbocycles. The molecule has 0 unspecified atom stereocenters. The van der Waals surface area contributed by atoms with Crippen LogP contribution in [0.15, 0.2) is 41.5 Å². The van der Waals surface area contributed by atoms with Gasteiger partial charge in [-0.3, -0.25) is 9.36 Å². The van der Waals surface area contributed by atoms with E-state index >= 15 is 0 Å². The molecule has 5 nitrogen and oxygen atoms in total. The van der Waals surface area contributed by atoms with Gasteiger partial charge in [0.1, 0.15) is 29.1 Å². The molecule has 2 aromatic heterocycles. The number of hydrogen-bond donors (Lipinski definition) is 1. The normalized spacial score (nSPS) is 12.5. The summed E-state index contributed by atoms with van der Waals surface area (Å²) in [5.74, 6) is 0.109. The molecule has 0 radical (unpaired) electrons. The van der Waals surface area contributed by atoms with Crippen molar-refractivity contribution in [3.05, 3.63) is 57.7 Å². The Labute approximate surface area is 142 Å². The highest BCUT2D eigenvalue weighted by atomic mass is 32.1. The van der Waals surface area contributed by atoms with Crippen LogP contribution in [0.2, 0.25) is 0 Å². The fraction of sp³-hybridized carbons (Fsp3) is 0.294. The number of aromatic nitrogens is 2. The van der Waals surface area contributed by atoms with Gasteiger partial charge in [0.25, 0.3) is 5.56 Å². The van der Waals surface area contributed by atoms with E-state index in [1.54, 1.807) is 0 Å². The molecule has 126 valence electrons. The van der Waals surface area contributed by atoms with E-state index in [4.69, 9.17) is 4.74 Å². The van der Waals surface area contributed by atoms with Crippen LogP contribution in [0.4, 0.5) is 4.39 Å². The Kier molecular flexibility index (Phi) is 4.92. The molecule has 0 saturated carbocycles. The number of aliphatic hydroxyl groups excluding tert-OH is 1. The largest absolute Gasteiger partial charge is 0.491 e. The van der Waals surface area contributed by atoms with Crippen LogP contribution in [0.1, 0.15) is 11.8 Å². The van der Waals surface area contributed by atoms with Crippen molar-refractivity contribution in [1.82, 2.24) is 9.55 Å². The van der Waals surface area contributed by atoms with Gasteiger partial charge < -0.3 is 9.84 Å². The Morgan fingerprint density at radius 3 is 2.83 bits per heavy atom. The summed E-state index contributed by atoms with van der Waals surface area (Å²) in [6.45, 7) is 2.11. The summed E-state index contributed by atoms with van der Waals surface area (Å²) < 4.78 is 19.6. The molecule has 3 aromatic rings. The maximum absolute atomic E-state index is 12.8. The van der Waals surface area contributed by atoms with Gasteiger partial charge in [0.05, 0.1) is 18.3 Å². The fourth-order valence-corrected chi connectivity index (χ4v) is 3.24. The number of benzene rings is 1. The lowest BCUT2D eigenvalue weighted by Crippen LogP contribution is -2.30. The third-order valence-corrected chi connectivity index (χ3v) is 4.77. The van der Waals surface area contributed by atoms with Gasteiger partial charge in [-0.2, -0.15) is 0 Å². The number of aliphatic hydroxyl groups is 1. The van der Waals surface area contributed by atoms with E-state index in [0.717, 1.165) is 11.3 Å². The average molecular weight is 348 g/mol. The van der Waals surface area contributed by atoms with Crippen molar-refractivity contribution in [3.8, 4) is 5.75 Å². The highest BCUT2D eigenvalue weighted by Gasteiger charge is 2.12. The number of thiophene rings is 1. The molecule has 0 saturated heterocycles. The number of aryl methyl sites for hydroxylation is 1. The van der Waals surface area contributed by atoms with Gasteiger partial charge in [0, 0.05) is 4.88 Å². The maximum Gasteiger partial charge on any atom is 0.262 e. The minimum Gasteiger partial charge on any atom is -0.491 e. The van der Waals surface area contributed by atoms with Crippen LogP contribution in [-0.2, 0) is 13.0 Å². The molecule has 1 atom stereocenters. The third kappa shape index (κ3) is 3.63. The third-order valence-electron chi connectivity index (χ3n) is 3.58. The van der Waals surface area contributed by atoms with Crippen molar-refractivity contribution in [2.45, 2.75) is 26.0 Å². The van der Waals surface area contributed by atoms with Crippen molar-refractivity contribution >= 4 is 21.6 Å². The van der Waals surface area contributed by atoms with Crippen molar-refractivity contribution in [2.75, 3.05) is 6.61 Å². The summed E-state index contributed by atoms with van der Waals surface area (Å²) >= 11 is 1.51. The Morgan fingerprint density at radius 1 is 1.38 bits per heavy atom. The zero-order valence-corrected chi connectivity index (χ0v) is 13.9. The van der Waals surface area contributed by atoms with Crippen molar-refractivity contribution in [1.29, 1.82) is 0 Å². The Morgan fingerprint density at radius 2 is 2.12 bits per heavy atom. The maximum atomic E-state index is 12.8. The van der Waals surface area contributed by atoms with Crippen LogP contribution in [-0.4, -0.2) is 27.4 Å². The number of rotatable bonds is 6. The van der Waals surface area contributed by atoms with E-state index < -0.39 is 6.10 Å². The summed E-state index contributed by atoms with van der Waals surface area (Å²) in [4.78, 5) is 18.5. The van der Waals surface area contributed by atoms with Crippen molar-refractivity contribution in [2.24, 2.45) is 0 Å². The molecule has 0 spiro atoms. The lowest BCUT2D eigenvalue weighted by molar-refractivity contribution is 0.0914. The van der Waals surface area contributed by atoms with Gasteiger partial charge in [-0.15, -0.1) is 11.3 Å². The second-order valence-electron chi connectivity index (χ2n) is 5.41. The highest BCUT2D eigenvalue weighted by Crippen LogP contribution is 2.21. The van der Waals surface area contributed by atoms with E-state index in [0.29, 0.717) is 16.0 Å². The molecule has 24 heavy (non-hydrogen) atoms. The molecule has 1 N–H and O–H groups in total. The number of halogens is 1. The number of hydrogen-bond acceptors (Lipinski definition) is 5. The van der Waals surface area contributed by atoms with Crippen LogP contribution in [0.3, 0.4) is 0 Å². The van der Waals surface area contributed by atoms with E-state index in [9.17, 15) is 14.3 Å². The zero-order chi connectivity index (χ0) is 17.1.